The second kappa shape index (κ2) is 7.15. The van der Waals surface area contributed by atoms with E-state index in [1.807, 2.05) is 0 Å². The van der Waals surface area contributed by atoms with Crippen LogP contribution in [-0.4, -0.2) is 29.4 Å². The van der Waals surface area contributed by atoms with Gasteiger partial charge in [0.2, 0.25) is 0 Å². The molecule has 5 nitrogen and oxygen atoms in total. The third kappa shape index (κ3) is 6.02. The van der Waals surface area contributed by atoms with Crippen molar-refractivity contribution in [2.75, 3.05) is 0 Å². The van der Waals surface area contributed by atoms with Crippen LogP contribution in [0.2, 0.25) is 0 Å². The number of ether oxygens (including phenoxy) is 1. The largest absolute Gasteiger partial charge is 0.573 e. The summed E-state index contributed by atoms with van der Waals surface area (Å²) in [7, 11) is 0. The minimum Gasteiger partial charge on any atom is -0.480 e. The summed E-state index contributed by atoms with van der Waals surface area (Å²) >= 11 is 0. The fourth-order valence-electron chi connectivity index (χ4n) is 1.77. The molecule has 0 aromatic heterocycles. The average molecular weight is 319 g/mol. The first-order valence-corrected chi connectivity index (χ1v) is 6.48. The lowest BCUT2D eigenvalue weighted by Gasteiger charge is -2.17. The minimum absolute atomic E-state index is 0.0290. The number of hydrogen-bond acceptors (Lipinski definition) is 3. The third-order valence-corrected chi connectivity index (χ3v) is 2.64. The molecule has 1 aromatic carbocycles. The number of rotatable bonds is 6. The lowest BCUT2D eigenvalue weighted by atomic mass is 10.0. The maximum absolute atomic E-state index is 12.1. The van der Waals surface area contributed by atoms with Crippen LogP contribution in [0.5, 0.6) is 5.75 Å². The molecule has 0 bridgehead atoms. The molecule has 122 valence electrons. The van der Waals surface area contributed by atoms with Gasteiger partial charge in [0.15, 0.2) is 0 Å². The lowest BCUT2D eigenvalue weighted by molar-refractivity contribution is -0.274. The van der Waals surface area contributed by atoms with Gasteiger partial charge >= 0.3 is 12.3 Å². The first-order chi connectivity index (χ1) is 10.1. The minimum atomic E-state index is -4.86. The molecule has 0 saturated heterocycles. The molecule has 0 aliphatic carbocycles. The number of hydrogen-bond donors (Lipinski definition) is 2. The molecular weight excluding hydrogens is 303 g/mol. The number of carboxylic acid groups (broad SMARTS) is 1. The number of halogens is 3. The highest BCUT2D eigenvalue weighted by Gasteiger charge is 2.31. The predicted octanol–water partition coefficient (Wildman–Crippen LogP) is 2.81. The van der Waals surface area contributed by atoms with Crippen LogP contribution in [0, 0.1) is 5.92 Å². The number of carbonyl (C=O) groups excluding carboxylic acids is 1. The van der Waals surface area contributed by atoms with Crippen LogP contribution in [0.25, 0.3) is 0 Å². The van der Waals surface area contributed by atoms with Gasteiger partial charge in [0.25, 0.3) is 5.91 Å². The second-order valence-electron chi connectivity index (χ2n) is 5.07. The number of carboxylic acids is 1. The Kier molecular flexibility index (Phi) is 5.78. The molecular formula is C14H16F3NO4. The van der Waals surface area contributed by atoms with E-state index in [-0.39, 0.29) is 17.9 Å². The molecule has 0 heterocycles. The first kappa shape index (κ1) is 17.8. The Labute approximate surface area is 125 Å². The van der Waals surface area contributed by atoms with E-state index in [0.29, 0.717) is 0 Å². The van der Waals surface area contributed by atoms with E-state index in [1.165, 1.54) is 12.1 Å². The zero-order valence-electron chi connectivity index (χ0n) is 12.0. The molecule has 1 rings (SSSR count). The lowest BCUT2D eigenvalue weighted by Crippen LogP contribution is -2.41. The fraction of sp³-hybridized carbons (Fsp3) is 0.429. The summed E-state index contributed by atoms with van der Waals surface area (Å²) in [6.07, 6.45) is -4.66. The Hall–Kier alpha value is -2.25. The van der Waals surface area contributed by atoms with Gasteiger partial charge < -0.3 is 15.2 Å². The number of aliphatic carboxylic acids is 1. The van der Waals surface area contributed by atoms with E-state index >= 15 is 0 Å². The van der Waals surface area contributed by atoms with Crippen LogP contribution in [0.15, 0.2) is 24.3 Å². The Morgan fingerprint density at radius 3 is 2.45 bits per heavy atom. The molecule has 22 heavy (non-hydrogen) atoms. The number of benzene rings is 1. The van der Waals surface area contributed by atoms with Gasteiger partial charge in [-0.1, -0.05) is 19.9 Å². The van der Waals surface area contributed by atoms with E-state index in [4.69, 9.17) is 5.11 Å². The Morgan fingerprint density at radius 2 is 1.95 bits per heavy atom. The molecule has 0 saturated carbocycles. The summed E-state index contributed by atoms with van der Waals surface area (Å²) in [5, 5.41) is 11.3. The normalized spacial score (nSPS) is 12.8. The Morgan fingerprint density at radius 1 is 1.32 bits per heavy atom. The van der Waals surface area contributed by atoms with Crippen molar-refractivity contribution in [3.05, 3.63) is 29.8 Å². The second-order valence-corrected chi connectivity index (χ2v) is 5.07. The zero-order chi connectivity index (χ0) is 16.9. The average Bonchev–Trinajstić information content (AvgIpc) is 2.35. The van der Waals surface area contributed by atoms with E-state index in [9.17, 15) is 22.8 Å². The van der Waals surface area contributed by atoms with Crippen LogP contribution in [0.3, 0.4) is 0 Å². The summed E-state index contributed by atoms with van der Waals surface area (Å²) < 4.78 is 40.1. The van der Waals surface area contributed by atoms with Crippen LogP contribution in [0.1, 0.15) is 30.6 Å². The SMILES string of the molecule is CC(C)C[C@@H](NC(=O)c1cccc(OC(F)(F)F)c1)C(=O)O. The molecule has 0 aliphatic rings. The van der Waals surface area contributed by atoms with E-state index in [1.54, 1.807) is 13.8 Å². The summed E-state index contributed by atoms with van der Waals surface area (Å²) in [4.78, 5) is 23.0. The van der Waals surface area contributed by atoms with Gasteiger partial charge in [0.1, 0.15) is 11.8 Å². The quantitative estimate of drug-likeness (QED) is 0.845. The van der Waals surface area contributed by atoms with Gasteiger partial charge in [-0.25, -0.2) is 4.79 Å². The number of nitrogens with one attached hydrogen (secondary N) is 1. The van der Waals surface area contributed by atoms with Gasteiger partial charge in [0, 0.05) is 5.56 Å². The summed E-state index contributed by atoms with van der Waals surface area (Å²) in [5.41, 5.74) is -0.114. The maximum atomic E-state index is 12.1. The summed E-state index contributed by atoms with van der Waals surface area (Å²) in [6, 6.07) is 3.32. The van der Waals surface area contributed by atoms with Crippen molar-refractivity contribution in [3.8, 4) is 5.75 Å². The maximum Gasteiger partial charge on any atom is 0.573 e. The molecule has 1 atom stereocenters. The first-order valence-electron chi connectivity index (χ1n) is 6.48. The van der Waals surface area contributed by atoms with Gasteiger partial charge in [-0.15, -0.1) is 13.2 Å². The van der Waals surface area contributed by atoms with Crippen LogP contribution < -0.4 is 10.1 Å². The highest BCUT2D eigenvalue weighted by molar-refractivity contribution is 5.96. The van der Waals surface area contributed by atoms with Crippen molar-refractivity contribution in [2.24, 2.45) is 5.92 Å². The predicted molar refractivity (Wildman–Crippen MR) is 71.5 cm³/mol. The highest BCUT2D eigenvalue weighted by atomic mass is 19.4. The number of carbonyl (C=O) groups is 2. The standard InChI is InChI=1S/C14H16F3NO4/c1-8(2)6-11(13(20)21)18-12(19)9-4-3-5-10(7-9)22-14(15,16)17/h3-5,7-8,11H,6H2,1-2H3,(H,18,19)(H,20,21)/t11-/m1/s1. The van der Waals surface area contributed by atoms with Gasteiger partial charge in [-0.3, -0.25) is 4.79 Å². The van der Waals surface area contributed by atoms with Crippen molar-refractivity contribution in [1.29, 1.82) is 0 Å². The smallest absolute Gasteiger partial charge is 0.480 e. The third-order valence-electron chi connectivity index (χ3n) is 2.64. The summed E-state index contributed by atoms with van der Waals surface area (Å²) in [6.45, 7) is 3.58. The van der Waals surface area contributed by atoms with Crippen molar-refractivity contribution in [3.63, 3.8) is 0 Å². The Bertz CT molecular complexity index is 543. The van der Waals surface area contributed by atoms with E-state index < -0.39 is 30.0 Å². The molecule has 0 unspecified atom stereocenters. The summed E-state index contributed by atoms with van der Waals surface area (Å²) in [5.74, 6) is -2.50. The molecule has 1 amide bonds. The van der Waals surface area contributed by atoms with Crippen molar-refractivity contribution in [2.45, 2.75) is 32.7 Å². The van der Waals surface area contributed by atoms with Gasteiger partial charge in [-0.05, 0) is 30.5 Å². The van der Waals surface area contributed by atoms with E-state index in [0.717, 1.165) is 12.1 Å². The molecule has 0 radical (unpaired) electrons. The van der Waals surface area contributed by atoms with Gasteiger partial charge in [-0.2, -0.15) is 0 Å². The fourth-order valence-corrected chi connectivity index (χ4v) is 1.77. The van der Waals surface area contributed by atoms with E-state index in [2.05, 4.69) is 10.1 Å². The van der Waals surface area contributed by atoms with Crippen LogP contribution in [0.4, 0.5) is 13.2 Å². The topological polar surface area (TPSA) is 75.6 Å². The zero-order valence-corrected chi connectivity index (χ0v) is 12.0. The molecule has 0 aliphatic heterocycles. The monoisotopic (exact) mass is 319 g/mol. The number of amides is 1. The van der Waals surface area contributed by atoms with Crippen molar-refractivity contribution in [1.82, 2.24) is 5.32 Å². The molecule has 2 N–H and O–H groups in total. The van der Waals surface area contributed by atoms with Crippen molar-refractivity contribution < 1.29 is 32.6 Å². The Balaban J connectivity index is 2.84. The molecule has 8 heteroatoms. The van der Waals surface area contributed by atoms with Crippen LogP contribution >= 0.6 is 0 Å². The van der Waals surface area contributed by atoms with Crippen LogP contribution in [-0.2, 0) is 4.79 Å². The molecule has 0 spiro atoms. The van der Waals surface area contributed by atoms with Gasteiger partial charge in [0.05, 0.1) is 0 Å². The molecule has 0 fully saturated rings. The number of alkyl halides is 3. The molecule has 1 aromatic rings. The highest BCUT2D eigenvalue weighted by Crippen LogP contribution is 2.23. The van der Waals surface area contributed by atoms with Crippen molar-refractivity contribution >= 4 is 11.9 Å².